The zero-order chi connectivity index (χ0) is 17.8. The third kappa shape index (κ3) is 5.29. The molecule has 1 aliphatic heterocycles. The van der Waals surface area contributed by atoms with E-state index in [1.165, 1.54) is 12.1 Å². The number of amides is 1. The van der Waals surface area contributed by atoms with Crippen LogP contribution in [0.1, 0.15) is 31.4 Å². The van der Waals surface area contributed by atoms with Crippen molar-refractivity contribution in [2.45, 2.75) is 31.9 Å². The van der Waals surface area contributed by atoms with Crippen molar-refractivity contribution < 1.29 is 14.3 Å². The molecular weight excluding hydrogens is 450 g/mol. The molecule has 0 bridgehead atoms. The highest BCUT2D eigenvalue weighted by molar-refractivity contribution is 14.0. The molecule has 8 heteroatoms. The fraction of sp³-hybridized carbons (Fsp3) is 0.556. The van der Waals surface area contributed by atoms with Gasteiger partial charge in [-0.2, -0.15) is 0 Å². The minimum absolute atomic E-state index is 0. The van der Waals surface area contributed by atoms with Crippen LogP contribution in [0, 0.1) is 5.82 Å². The number of aliphatic imine (C=N–C) groups is 1. The molecule has 26 heavy (non-hydrogen) atoms. The van der Waals surface area contributed by atoms with Gasteiger partial charge in [-0.3, -0.25) is 9.79 Å². The van der Waals surface area contributed by atoms with E-state index in [9.17, 15) is 14.3 Å². The molecule has 1 atom stereocenters. The Hall–Kier alpha value is -1.42. The Morgan fingerprint density at radius 1 is 1.42 bits per heavy atom. The number of rotatable bonds is 5. The van der Waals surface area contributed by atoms with E-state index in [0.29, 0.717) is 37.2 Å². The number of hydrogen-bond donors (Lipinski definition) is 2. The lowest BCUT2D eigenvalue weighted by Crippen LogP contribution is -2.55. The molecular formula is C18H26FIN4O2. The summed E-state index contributed by atoms with van der Waals surface area (Å²) in [5.74, 6) is 0.362. The predicted octanol–water partition coefficient (Wildman–Crippen LogP) is 1.75. The van der Waals surface area contributed by atoms with E-state index < -0.39 is 6.10 Å². The summed E-state index contributed by atoms with van der Waals surface area (Å²) >= 11 is 0. The zero-order valence-electron chi connectivity index (χ0n) is 14.9. The number of guanidine groups is 1. The lowest BCUT2D eigenvalue weighted by atomic mass is 10.1. The molecule has 0 aromatic heterocycles. The number of aliphatic hydroxyl groups excluding tert-OH is 1. The first kappa shape index (κ1) is 20.9. The van der Waals surface area contributed by atoms with Crippen LogP contribution in [-0.4, -0.2) is 65.5 Å². The van der Waals surface area contributed by atoms with Gasteiger partial charge in [0.1, 0.15) is 5.82 Å². The third-order valence-electron chi connectivity index (χ3n) is 4.53. The number of nitrogens with zero attached hydrogens (tertiary/aromatic N) is 3. The van der Waals surface area contributed by atoms with Crippen molar-refractivity contribution in [1.82, 2.24) is 15.1 Å². The Morgan fingerprint density at radius 3 is 2.81 bits per heavy atom. The molecule has 2 aliphatic rings. The molecule has 3 rings (SSSR count). The van der Waals surface area contributed by atoms with Gasteiger partial charge in [-0.15, -0.1) is 24.0 Å². The normalized spacial score (nSPS) is 19.2. The van der Waals surface area contributed by atoms with Gasteiger partial charge in [0.05, 0.1) is 19.2 Å². The van der Waals surface area contributed by atoms with Gasteiger partial charge >= 0.3 is 0 Å². The van der Waals surface area contributed by atoms with E-state index in [4.69, 9.17) is 0 Å². The van der Waals surface area contributed by atoms with Crippen LogP contribution in [0.4, 0.5) is 4.39 Å². The topological polar surface area (TPSA) is 68.2 Å². The maximum atomic E-state index is 13.3. The summed E-state index contributed by atoms with van der Waals surface area (Å²) in [6.07, 6.45) is 1.34. The summed E-state index contributed by atoms with van der Waals surface area (Å²) in [5.41, 5.74) is 0.495. The van der Waals surface area contributed by atoms with Gasteiger partial charge in [-0.1, -0.05) is 12.1 Å². The maximum Gasteiger partial charge on any atom is 0.242 e. The maximum absolute atomic E-state index is 13.3. The molecule has 144 valence electrons. The molecule has 1 amide bonds. The Balaban J connectivity index is 0.00000243. The zero-order valence-corrected chi connectivity index (χ0v) is 17.2. The molecule has 1 saturated heterocycles. The SMILES string of the molecule is CCNC(=NCC(O)c1cccc(F)c1)N1CCN(C2CC2)C(=O)C1.I. The molecule has 1 aliphatic carbocycles. The van der Waals surface area contributed by atoms with Crippen LogP contribution < -0.4 is 5.32 Å². The summed E-state index contributed by atoms with van der Waals surface area (Å²) in [6.45, 7) is 4.48. The summed E-state index contributed by atoms with van der Waals surface area (Å²) in [7, 11) is 0. The van der Waals surface area contributed by atoms with Crippen LogP contribution in [0.15, 0.2) is 29.3 Å². The van der Waals surface area contributed by atoms with Crippen LogP contribution in [0.5, 0.6) is 0 Å². The summed E-state index contributed by atoms with van der Waals surface area (Å²) in [6, 6.07) is 6.33. The van der Waals surface area contributed by atoms with Gasteiger partial charge in [0, 0.05) is 25.7 Å². The number of nitrogens with one attached hydrogen (secondary N) is 1. The molecule has 2 N–H and O–H groups in total. The van der Waals surface area contributed by atoms with Gasteiger partial charge in [0.15, 0.2) is 5.96 Å². The lowest BCUT2D eigenvalue weighted by Gasteiger charge is -2.36. The number of aliphatic hydroxyl groups is 1. The van der Waals surface area contributed by atoms with Crippen molar-refractivity contribution >= 4 is 35.8 Å². The Bertz CT molecular complexity index is 654. The molecule has 0 spiro atoms. The molecule has 2 fully saturated rings. The second kappa shape index (κ2) is 9.50. The highest BCUT2D eigenvalue weighted by atomic mass is 127. The smallest absolute Gasteiger partial charge is 0.242 e. The third-order valence-corrected chi connectivity index (χ3v) is 4.53. The molecule has 1 unspecified atom stereocenters. The van der Waals surface area contributed by atoms with Crippen LogP contribution >= 0.6 is 24.0 Å². The predicted molar refractivity (Wildman–Crippen MR) is 109 cm³/mol. The van der Waals surface area contributed by atoms with E-state index in [0.717, 1.165) is 19.4 Å². The number of piperazine rings is 1. The largest absolute Gasteiger partial charge is 0.386 e. The van der Waals surface area contributed by atoms with Crippen molar-refractivity contribution in [3.63, 3.8) is 0 Å². The summed E-state index contributed by atoms with van der Waals surface area (Å²) in [5, 5.41) is 13.4. The molecule has 6 nitrogen and oxygen atoms in total. The number of carbonyl (C=O) groups is 1. The van der Waals surface area contributed by atoms with Crippen molar-refractivity contribution in [2.75, 3.05) is 32.7 Å². The number of carbonyl (C=O) groups excluding carboxylic acids is 1. The summed E-state index contributed by atoms with van der Waals surface area (Å²) in [4.78, 5) is 20.6. The van der Waals surface area contributed by atoms with E-state index in [1.807, 2.05) is 16.7 Å². The van der Waals surface area contributed by atoms with E-state index in [2.05, 4.69) is 10.3 Å². The number of hydrogen-bond acceptors (Lipinski definition) is 3. The monoisotopic (exact) mass is 476 g/mol. The van der Waals surface area contributed by atoms with E-state index >= 15 is 0 Å². The Morgan fingerprint density at radius 2 is 2.19 bits per heavy atom. The molecule has 1 saturated carbocycles. The van der Waals surface area contributed by atoms with E-state index in [1.54, 1.807) is 12.1 Å². The van der Waals surface area contributed by atoms with Crippen LogP contribution in [0.25, 0.3) is 0 Å². The highest BCUT2D eigenvalue weighted by Gasteiger charge is 2.36. The lowest BCUT2D eigenvalue weighted by molar-refractivity contribution is -0.135. The standard InChI is InChI=1S/C18H25FN4O2.HI/c1-2-20-18(21-11-16(24)13-4-3-5-14(19)10-13)22-8-9-23(15-6-7-15)17(25)12-22;/h3-5,10,15-16,24H,2,6-9,11-12H2,1H3,(H,20,21);1H. The minimum Gasteiger partial charge on any atom is -0.386 e. The Labute approximate surface area is 170 Å². The molecule has 1 aromatic carbocycles. The second-order valence-corrected chi connectivity index (χ2v) is 6.51. The second-order valence-electron chi connectivity index (χ2n) is 6.51. The average molecular weight is 476 g/mol. The fourth-order valence-corrected chi connectivity index (χ4v) is 3.06. The quantitative estimate of drug-likeness (QED) is 0.386. The van der Waals surface area contributed by atoms with Crippen molar-refractivity contribution in [3.05, 3.63) is 35.6 Å². The highest BCUT2D eigenvalue weighted by Crippen LogP contribution is 2.28. The van der Waals surface area contributed by atoms with Crippen LogP contribution in [0.2, 0.25) is 0 Å². The van der Waals surface area contributed by atoms with E-state index in [-0.39, 0.29) is 42.2 Å². The molecule has 1 aromatic rings. The van der Waals surface area contributed by atoms with Crippen molar-refractivity contribution in [1.29, 1.82) is 0 Å². The molecule has 1 heterocycles. The molecule has 0 radical (unpaired) electrons. The van der Waals surface area contributed by atoms with Gasteiger partial charge in [0.25, 0.3) is 0 Å². The number of halogens is 2. The Kier molecular flexibility index (Phi) is 7.63. The summed E-state index contributed by atoms with van der Waals surface area (Å²) < 4.78 is 13.3. The first-order valence-corrected chi connectivity index (χ1v) is 8.84. The van der Waals surface area contributed by atoms with Crippen LogP contribution in [-0.2, 0) is 4.79 Å². The van der Waals surface area contributed by atoms with Gasteiger partial charge in [0.2, 0.25) is 5.91 Å². The fourth-order valence-electron chi connectivity index (χ4n) is 3.06. The minimum atomic E-state index is -0.882. The first-order valence-electron chi connectivity index (χ1n) is 8.84. The average Bonchev–Trinajstić information content (AvgIpc) is 3.43. The first-order chi connectivity index (χ1) is 12.1. The number of benzene rings is 1. The van der Waals surface area contributed by atoms with Crippen molar-refractivity contribution in [2.24, 2.45) is 4.99 Å². The van der Waals surface area contributed by atoms with Crippen LogP contribution in [0.3, 0.4) is 0 Å². The van der Waals surface area contributed by atoms with Gasteiger partial charge in [-0.05, 0) is 37.5 Å². The van der Waals surface area contributed by atoms with Crippen molar-refractivity contribution in [3.8, 4) is 0 Å². The van der Waals surface area contributed by atoms with Gasteiger partial charge in [-0.25, -0.2) is 4.39 Å². The van der Waals surface area contributed by atoms with Gasteiger partial charge < -0.3 is 20.2 Å².